The van der Waals surface area contributed by atoms with Gasteiger partial charge in [0.15, 0.2) is 0 Å². The molecule has 6 atom stereocenters. The van der Waals surface area contributed by atoms with Crippen LogP contribution in [0.4, 0.5) is 22.0 Å². The number of amides is 2. The highest BCUT2D eigenvalue weighted by atomic mass is 19.3. The first-order valence-corrected chi connectivity index (χ1v) is 13.9. The average molecular weight is 558 g/mol. The van der Waals surface area contributed by atoms with E-state index in [1.165, 1.54) is 6.92 Å². The van der Waals surface area contributed by atoms with Gasteiger partial charge in [-0.3, -0.25) is 14.9 Å². The van der Waals surface area contributed by atoms with E-state index < -0.39 is 65.6 Å². The summed E-state index contributed by atoms with van der Waals surface area (Å²) in [5.74, 6) is -6.95. The van der Waals surface area contributed by atoms with E-state index in [1.54, 1.807) is 0 Å². The molecule has 3 aliphatic carbocycles. The first-order chi connectivity index (χ1) is 18.3. The lowest BCUT2D eigenvalue weighted by atomic mass is 9.78. The van der Waals surface area contributed by atoms with E-state index in [0.29, 0.717) is 6.42 Å². The summed E-state index contributed by atoms with van der Waals surface area (Å²) in [6.07, 6.45) is -0.0986. The molecule has 1 aromatic carbocycles. The lowest BCUT2D eigenvalue weighted by Crippen LogP contribution is -2.55. The average Bonchev–Trinajstić information content (AvgIpc) is 3.78. The summed E-state index contributed by atoms with van der Waals surface area (Å²) in [6, 6.07) is 2.15. The fraction of sp³-hybridized carbons (Fsp3) is 0.714. The van der Waals surface area contributed by atoms with Gasteiger partial charge in [-0.2, -0.15) is 8.78 Å². The Morgan fingerprint density at radius 1 is 1.15 bits per heavy atom. The van der Waals surface area contributed by atoms with E-state index in [9.17, 15) is 22.8 Å². The number of ether oxygens (including phenoxy) is 1. The Labute approximate surface area is 224 Å². The Hall–Kier alpha value is -2.43. The molecule has 3 N–H and O–H groups in total. The molecule has 1 aromatic rings. The van der Waals surface area contributed by atoms with Crippen LogP contribution in [0.3, 0.4) is 0 Å². The Balaban J connectivity index is 1.38. The minimum atomic E-state index is -3.80. The number of rotatable bonds is 9. The lowest BCUT2D eigenvalue weighted by molar-refractivity contribution is -0.173. The Kier molecular flexibility index (Phi) is 7.35. The van der Waals surface area contributed by atoms with Gasteiger partial charge < -0.3 is 15.4 Å². The summed E-state index contributed by atoms with van der Waals surface area (Å²) in [6.45, 7) is 2.10. The summed E-state index contributed by atoms with van der Waals surface area (Å²) in [4.78, 5) is 26.7. The number of nitrogens with one attached hydrogen (secondary N) is 3. The van der Waals surface area contributed by atoms with Crippen LogP contribution in [0.2, 0.25) is 0 Å². The summed E-state index contributed by atoms with van der Waals surface area (Å²) in [7, 11) is 0. The molecule has 3 unspecified atom stereocenters. The second kappa shape index (κ2) is 10.2. The maximum atomic E-state index is 15.5. The van der Waals surface area contributed by atoms with Crippen molar-refractivity contribution in [1.82, 2.24) is 16.0 Å². The molecule has 3 saturated carbocycles. The van der Waals surface area contributed by atoms with Crippen molar-refractivity contribution in [1.29, 1.82) is 0 Å². The predicted octanol–water partition coefficient (Wildman–Crippen LogP) is 4.64. The van der Waals surface area contributed by atoms with E-state index in [-0.39, 0.29) is 36.5 Å². The number of hydrogen-bond donors (Lipinski definition) is 3. The number of alkyl halides is 4. The van der Waals surface area contributed by atoms with Gasteiger partial charge in [-0.25, -0.2) is 13.2 Å². The van der Waals surface area contributed by atoms with Crippen molar-refractivity contribution in [3.8, 4) is 5.75 Å². The fourth-order valence-corrected chi connectivity index (χ4v) is 6.44. The Morgan fingerprint density at radius 3 is 2.41 bits per heavy atom. The number of carbonyl (C=O) groups is 2. The second-order valence-corrected chi connectivity index (χ2v) is 12.0. The van der Waals surface area contributed by atoms with Crippen molar-refractivity contribution in [2.24, 2.45) is 29.1 Å². The lowest BCUT2D eigenvalue weighted by Gasteiger charge is -2.34. The predicted molar refractivity (Wildman–Crippen MR) is 133 cm³/mol. The zero-order valence-electron chi connectivity index (χ0n) is 22.1. The molecule has 1 aliphatic heterocycles. The number of halogens is 5. The van der Waals surface area contributed by atoms with E-state index >= 15 is 8.78 Å². The fourth-order valence-electron chi connectivity index (χ4n) is 6.44. The first-order valence-electron chi connectivity index (χ1n) is 13.9. The third-order valence-electron chi connectivity index (χ3n) is 9.03. The van der Waals surface area contributed by atoms with E-state index in [1.807, 2.05) is 6.92 Å². The maximum Gasteiger partial charge on any atom is 0.410 e. The normalized spacial score (nSPS) is 34.4. The van der Waals surface area contributed by atoms with Gasteiger partial charge in [0.25, 0.3) is 5.92 Å². The van der Waals surface area contributed by atoms with Crippen LogP contribution in [0.15, 0.2) is 24.3 Å². The molecule has 0 radical (unpaired) electrons. The molecular formula is C28H36F5N3O3. The van der Waals surface area contributed by atoms with Gasteiger partial charge in [0.1, 0.15) is 18.1 Å². The van der Waals surface area contributed by atoms with Gasteiger partial charge in [-0.1, -0.05) is 13.8 Å². The van der Waals surface area contributed by atoms with Crippen LogP contribution in [0, 0.1) is 34.9 Å². The van der Waals surface area contributed by atoms with Crippen LogP contribution >= 0.6 is 0 Å². The van der Waals surface area contributed by atoms with Crippen LogP contribution in [-0.2, 0) is 9.59 Å². The SMILES string of the molecule is CC[C@@H]1NC(=O)[C@@H](NCC(F)(F)Oc2ccc(F)cc2)C[C@]2(C)C(C(C3CC3)CC1C(=O)NC1CC1)C2(F)F. The zero-order valence-corrected chi connectivity index (χ0v) is 22.1. The molecular weight excluding hydrogens is 521 g/mol. The van der Waals surface area contributed by atoms with Gasteiger partial charge in [0.2, 0.25) is 11.8 Å². The molecule has 1 heterocycles. The molecule has 0 bridgehead atoms. The molecule has 39 heavy (non-hydrogen) atoms. The van der Waals surface area contributed by atoms with Gasteiger partial charge in [-0.05, 0) is 81.0 Å². The number of carbonyl (C=O) groups excluding carboxylic acids is 2. The maximum absolute atomic E-state index is 15.5. The summed E-state index contributed by atoms with van der Waals surface area (Å²) in [5.41, 5.74) is -1.57. The highest BCUT2D eigenvalue weighted by Crippen LogP contribution is 2.74. The summed E-state index contributed by atoms with van der Waals surface area (Å²) >= 11 is 0. The molecule has 5 rings (SSSR count). The van der Waals surface area contributed by atoms with Crippen molar-refractivity contribution >= 4 is 11.8 Å². The minimum Gasteiger partial charge on any atom is -0.432 e. The van der Waals surface area contributed by atoms with Crippen LogP contribution < -0.4 is 20.7 Å². The number of benzene rings is 1. The highest BCUT2D eigenvalue weighted by molar-refractivity contribution is 5.85. The molecule has 6 nitrogen and oxygen atoms in total. The van der Waals surface area contributed by atoms with E-state index in [0.717, 1.165) is 49.9 Å². The molecule has 0 aromatic heterocycles. The van der Waals surface area contributed by atoms with Gasteiger partial charge in [-0.15, -0.1) is 0 Å². The molecule has 1 saturated heterocycles. The smallest absolute Gasteiger partial charge is 0.410 e. The van der Waals surface area contributed by atoms with Crippen molar-refractivity contribution in [2.45, 2.75) is 88.9 Å². The Morgan fingerprint density at radius 2 is 1.82 bits per heavy atom. The standard InChI is InChI=1S/C28H36F5N3O3/c1-3-21-20(24(37)35-17-8-9-17)12-19(15-4-5-15)23-26(2,28(23,32)33)13-22(25(38)36-21)34-14-27(30,31)39-18-10-6-16(29)7-11-18/h6-7,10-11,15,17,19-23,34H,3-5,8-9,12-14H2,1-2H3,(H,35,37)(H,36,38)/t19?,20?,21-,22-,23?,26+/m0/s1. The van der Waals surface area contributed by atoms with Gasteiger partial charge >= 0.3 is 6.11 Å². The molecule has 4 fully saturated rings. The van der Waals surface area contributed by atoms with Gasteiger partial charge in [0.05, 0.1) is 12.0 Å². The summed E-state index contributed by atoms with van der Waals surface area (Å²) < 4.78 is 78.2. The molecule has 4 aliphatic rings. The zero-order chi connectivity index (χ0) is 28.2. The third kappa shape index (κ3) is 5.88. The molecule has 11 heteroatoms. The van der Waals surface area contributed by atoms with Gasteiger partial charge in [0, 0.05) is 23.4 Å². The van der Waals surface area contributed by atoms with Crippen LogP contribution in [-0.4, -0.2) is 48.5 Å². The van der Waals surface area contributed by atoms with Crippen LogP contribution in [0.1, 0.15) is 58.8 Å². The monoisotopic (exact) mass is 557 g/mol. The summed E-state index contributed by atoms with van der Waals surface area (Å²) in [5, 5.41) is 8.28. The van der Waals surface area contributed by atoms with Crippen molar-refractivity contribution < 1.29 is 36.3 Å². The van der Waals surface area contributed by atoms with Crippen LogP contribution in [0.25, 0.3) is 0 Å². The topological polar surface area (TPSA) is 79.5 Å². The largest absolute Gasteiger partial charge is 0.432 e. The minimum absolute atomic E-state index is 0.0749. The Bertz CT molecular complexity index is 1080. The quantitative estimate of drug-likeness (QED) is 0.387. The number of hydrogen-bond acceptors (Lipinski definition) is 4. The molecule has 0 spiro atoms. The van der Waals surface area contributed by atoms with Crippen molar-refractivity contribution in [2.75, 3.05) is 6.54 Å². The molecule has 216 valence electrons. The van der Waals surface area contributed by atoms with E-state index in [4.69, 9.17) is 0 Å². The van der Waals surface area contributed by atoms with Crippen LogP contribution in [0.5, 0.6) is 5.75 Å². The van der Waals surface area contributed by atoms with E-state index in [2.05, 4.69) is 20.7 Å². The third-order valence-corrected chi connectivity index (χ3v) is 9.03. The first kappa shape index (κ1) is 28.1. The van der Waals surface area contributed by atoms with Crippen molar-refractivity contribution in [3.05, 3.63) is 30.1 Å². The second-order valence-electron chi connectivity index (χ2n) is 12.0. The number of fused-ring (bicyclic) bond motifs is 1. The molecule has 2 amide bonds. The highest BCUT2D eigenvalue weighted by Gasteiger charge is 2.80. The van der Waals surface area contributed by atoms with Crippen molar-refractivity contribution in [3.63, 3.8) is 0 Å².